The molecule has 0 aliphatic rings. The summed E-state index contributed by atoms with van der Waals surface area (Å²) in [4.78, 5) is 21.7. The van der Waals surface area contributed by atoms with Crippen molar-refractivity contribution in [1.82, 2.24) is 5.32 Å². The van der Waals surface area contributed by atoms with Gasteiger partial charge in [-0.05, 0) is 17.7 Å². The number of carbonyl (C=O) groups is 2. The van der Waals surface area contributed by atoms with Crippen molar-refractivity contribution >= 4 is 11.9 Å². The predicted molar refractivity (Wildman–Crippen MR) is 69.6 cm³/mol. The average molecular weight is 283 g/mol. The van der Waals surface area contributed by atoms with E-state index in [0.717, 1.165) is 0 Å². The number of methoxy groups -OCH3 is 1. The molecule has 0 aromatic heterocycles. The van der Waals surface area contributed by atoms with Crippen LogP contribution in [0.1, 0.15) is 28.9 Å². The molecule has 1 aromatic rings. The van der Waals surface area contributed by atoms with Crippen molar-refractivity contribution in [3.8, 4) is 5.75 Å². The summed E-state index contributed by atoms with van der Waals surface area (Å²) in [5, 5.41) is 31.0. The van der Waals surface area contributed by atoms with Crippen molar-refractivity contribution in [2.75, 3.05) is 13.7 Å². The zero-order valence-electron chi connectivity index (χ0n) is 11.2. The number of rotatable bonds is 6. The van der Waals surface area contributed by atoms with Crippen LogP contribution >= 0.6 is 0 Å². The predicted octanol–water partition coefficient (Wildman–Crippen LogP) is -0.0762. The zero-order chi connectivity index (χ0) is 15.3. The van der Waals surface area contributed by atoms with E-state index in [9.17, 15) is 19.8 Å². The van der Waals surface area contributed by atoms with Gasteiger partial charge < -0.3 is 25.4 Å². The second kappa shape index (κ2) is 6.88. The Morgan fingerprint density at radius 2 is 2.00 bits per heavy atom. The number of aromatic carboxylic acids is 1. The van der Waals surface area contributed by atoms with E-state index in [0.29, 0.717) is 5.56 Å². The third kappa shape index (κ3) is 3.94. The van der Waals surface area contributed by atoms with Gasteiger partial charge in [-0.1, -0.05) is 6.07 Å². The van der Waals surface area contributed by atoms with Gasteiger partial charge in [-0.3, -0.25) is 4.79 Å². The number of hydrogen-bond donors (Lipinski definition) is 4. The molecule has 1 aromatic carbocycles. The summed E-state index contributed by atoms with van der Waals surface area (Å²) < 4.78 is 4.93. The normalized spacial score (nSPS) is 13.4. The van der Waals surface area contributed by atoms with Crippen molar-refractivity contribution < 1.29 is 29.6 Å². The van der Waals surface area contributed by atoms with Gasteiger partial charge in [0.15, 0.2) is 0 Å². The molecule has 7 heteroatoms. The quantitative estimate of drug-likeness (QED) is 0.580. The Labute approximate surface area is 115 Å². The number of carboxylic acid groups (broad SMARTS) is 1. The highest BCUT2D eigenvalue weighted by Crippen LogP contribution is 2.25. The van der Waals surface area contributed by atoms with Gasteiger partial charge in [-0.25, -0.2) is 4.79 Å². The van der Waals surface area contributed by atoms with Crippen LogP contribution in [0, 0.1) is 0 Å². The fraction of sp³-hybridized carbons (Fsp3) is 0.385. The molecule has 110 valence electrons. The molecule has 0 saturated carbocycles. The van der Waals surface area contributed by atoms with Crippen LogP contribution in [0.5, 0.6) is 5.75 Å². The average Bonchev–Trinajstić information content (AvgIpc) is 2.42. The number of carboxylic acids is 1. The largest absolute Gasteiger partial charge is 0.496 e. The molecule has 2 unspecified atom stereocenters. The van der Waals surface area contributed by atoms with Crippen molar-refractivity contribution in [2.24, 2.45) is 0 Å². The Hall–Kier alpha value is -2.12. The Bertz CT molecular complexity index is 502. The monoisotopic (exact) mass is 283 g/mol. The van der Waals surface area contributed by atoms with Gasteiger partial charge in [0, 0.05) is 13.5 Å². The highest BCUT2D eigenvalue weighted by atomic mass is 16.5. The van der Waals surface area contributed by atoms with Crippen molar-refractivity contribution in [2.45, 2.75) is 19.1 Å². The van der Waals surface area contributed by atoms with E-state index >= 15 is 0 Å². The number of amides is 1. The summed E-state index contributed by atoms with van der Waals surface area (Å²) in [7, 11) is 1.31. The standard InChI is InChI=1S/C13H17NO6/c1-7(15)14-6-10(16)12(17)8-3-4-9(13(18)19)11(5-8)20-2/h3-5,10,12,16-17H,6H2,1-2H3,(H,14,15)(H,18,19). The van der Waals surface area contributed by atoms with E-state index in [1.807, 2.05) is 0 Å². The first-order valence-corrected chi connectivity index (χ1v) is 5.88. The molecule has 0 heterocycles. The molecule has 1 amide bonds. The summed E-state index contributed by atoms with van der Waals surface area (Å²) in [5.74, 6) is -1.39. The lowest BCUT2D eigenvalue weighted by molar-refractivity contribution is -0.119. The first-order chi connectivity index (χ1) is 9.36. The van der Waals surface area contributed by atoms with E-state index < -0.39 is 18.2 Å². The van der Waals surface area contributed by atoms with Crippen LogP contribution in [0.3, 0.4) is 0 Å². The SMILES string of the molecule is COc1cc(C(O)C(O)CNC(C)=O)ccc1C(=O)O. The molecule has 20 heavy (non-hydrogen) atoms. The maximum Gasteiger partial charge on any atom is 0.339 e. The smallest absolute Gasteiger partial charge is 0.339 e. The molecule has 0 radical (unpaired) electrons. The Morgan fingerprint density at radius 1 is 1.35 bits per heavy atom. The molecule has 0 fully saturated rings. The van der Waals surface area contributed by atoms with Gasteiger partial charge in [-0.15, -0.1) is 0 Å². The van der Waals surface area contributed by atoms with E-state index in [-0.39, 0.29) is 23.8 Å². The van der Waals surface area contributed by atoms with Crippen molar-refractivity contribution in [3.05, 3.63) is 29.3 Å². The van der Waals surface area contributed by atoms with E-state index in [2.05, 4.69) is 5.32 Å². The van der Waals surface area contributed by atoms with Crippen LogP contribution in [-0.4, -0.2) is 47.0 Å². The molecule has 0 spiro atoms. The summed E-state index contributed by atoms with van der Waals surface area (Å²) in [6, 6.07) is 4.00. The number of benzene rings is 1. The van der Waals surface area contributed by atoms with Crippen LogP contribution in [0.15, 0.2) is 18.2 Å². The first kappa shape index (κ1) is 15.9. The summed E-state index contributed by atoms with van der Waals surface area (Å²) in [5.41, 5.74) is 0.254. The summed E-state index contributed by atoms with van der Waals surface area (Å²) >= 11 is 0. The second-order valence-electron chi connectivity index (χ2n) is 4.21. The van der Waals surface area contributed by atoms with Crippen LogP contribution in [-0.2, 0) is 4.79 Å². The molecule has 4 N–H and O–H groups in total. The first-order valence-electron chi connectivity index (χ1n) is 5.88. The molecule has 1 rings (SSSR count). The Morgan fingerprint density at radius 3 is 2.50 bits per heavy atom. The minimum absolute atomic E-state index is 0.0419. The molecular weight excluding hydrogens is 266 g/mol. The second-order valence-corrected chi connectivity index (χ2v) is 4.21. The summed E-state index contributed by atoms with van der Waals surface area (Å²) in [6.07, 6.45) is -2.47. The van der Waals surface area contributed by atoms with Gasteiger partial charge in [0.1, 0.15) is 23.5 Å². The number of ether oxygens (including phenoxy) is 1. The number of carbonyl (C=O) groups excluding carboxylic acids is 1. The number of aliphatic hydroxyl groups excluding tert-OH is 2. The van der Waals surface area contributed by atoms with Crippen LogP contribution in [0.25, 0.3) is 0 Å². The number of aliphatic hydroxyl groups is 2. The van der Waals surface area contributed by atoms with Crippen molar-refractivity contribution in [3.63, 3.8) is 0 Å². The third-order valence-electron chi connectivity index (χ3n) is 2.72. The van der Waals surface area contributed by atoms with Crippen LogP contribution < -0.4 is 10.1 Å². The van der Waals surface area contributed by atoms with Gasteiger partial charge in [0.05, 0.1) is 7.11 Å². The van der Waals surface area contributed by atoms with Gasteiger partial charge >= 0.3 is 5.97 Å². The lowest BCUT2D eigenvalue weighted by Crippen LogP contribution is -2.34. The van der Waals surface area contributed by atoms with E-state index in [4.69, 9.17) is 9.84 Å². The van der Waals surface area contributed by atoms with Crippen LogP contribution in [0.4, 0.5) is 0 Å². The molecule has 0 aliphatic carbocycles. The van der Waals surface area contributed by atoms with Crippen molar-refractivity contribution in [1.29, 1.82) is 0 Å². The number of hydrogen-bond acceptors (Lipinski definition) is 5. The lowest BCUT2D eigenvalue weighted by atomic mass is 10.0. The van der Waals surface area contributed by atoms with Gasteiger partial charge in [0.25, 0.3) is 0 Å². The minimum Gasteiger partial charge on any atom is -0.496 e. The molecule has 0 aliphatic heterocycles. The fourth-order valence-corrected chi connectivity index (χ4v) is 1.65. The Balaban J connectivity index is 2.90. The Kier molecular flexibility index (Phi) is 5.48. The summed E-state index contributed by atoms with van der Waals surface area (Å²) in [6.45, 7) is 1.18. The van der Waals surface area contributed by atoms with E-state index in [1.165, 1.54) is 32.2 Å². The van der Waals surface area contributed by atoms with Gasteiger partial charge in [0.2, 0.25) is 5.91 Å². The third-order valence-corrected chi connectivity index (χ3v) is 2.72. The highest BCUT2D eigenvalue weighted by molar-refractivity contribution is 5.91. The molecule has 0 bridgehead atoms. The van der Waals surface area contributed by atoms with Gasteiger partial charge in [-0.2, -0.15) is 0 Å². The van der Waals surface area contributed by atoms with Crippen LogP contribution in [0.2, 0.25) is 0 Å². The minimum atomic E-state index is -1.27. The van der Waals surface area contributed by atoms with E-state index in [1.54, 1.807) is 0 Å². The highest BCUT2D eigenvalue weighted by Gasteiger charge is 2.21. The molecule has 2 atom stereocenters. The maximum atomic E-state index is 10.9. The molecule has 7 nitrogen and oxygen atoms in total. The fourth-order valence-electron chi connectivity index (χ4n) is 1.65. The maximum absolute atomic E-state index is 10.9. The molecular formula is C13H17NO6. The topological polar surface area (TPSA) is 116 Å². The molecule has 0 saturated heterocycles. The number of nitrogens with one attached hydrogen (secondary N) is 1. The lowest BCUT2D eigenvalue weighted by Gasteiger charge is -2.19. The zero-order valence-corrected chi connectivity index (χ0v) is 11.2.